The zero-order valence-electron chi connectivity index (χ0n) is 19.2. The van der Waals surface area contributed by atoms with Crippen molar-refractivity contribution in [2.45, 2.75) is 11.8 Å². The lowest BCUT2D eigenvalue weighted by atomic mass is 10.0. The van der Waals surface area contributed by atoms with Crippen molar-refractivity contribution in [3.63, 3.8) is 0 Å². The van der Waals surface area contributed by atoms with Gasteiger partial charge in [0.25, 0.3) is 0 Å². The number of fused-ring (bicyclic) bond motifs is 1. The van der Waals surface area contributed by atoms with Gasteiger partial charge >= 0.3 is 5.97 Å². The molecule has 1 heterocycles. The van der Waals surface area contributed by atoms with Crippen LogP contribution in [-0.2, 0) is 14.8 Å². The molecule has 8 nitrogen and oxygen atoms in total. The van der Waals surface area contributed by atoms with E-state index in [-0.39, 0.29) is 4.90 Å². The maximum atomic E-state index is 12.8. The van der Waals surface area contributed by atoms with E-state index in [1.165, 1.54) is 25.5 Å². The Hall–Kier alpha value is -3.82. The van der Waals surface area contributed by atoms with E-state index >= 15 is 0 Å². The van der Waals surface area contributed by atoms with Crippen LogP contribution < -0.4 is 5.32 Å². The molecule has 0 atom stereocenters. The second kappa shape index (κ2) is 9.20. The largest absolute Gasteiger partial charge is 0.465 e. The SMILES string of the molecule is COC(=O)c1ccc(Nc2nnc(-c3ccc(C)c(S(=O)(=O)N(C)C)c3)c3ccccc23)cc1. The minimum Gasteiger partial charge on any atom is -0.465 e. The molecule has 0 saturated carbocycles. The van der Waals surface area contributed by atoms with E-state index in [9.17, 15) is 13.2 Å². The van der Waals surface area contributed by atoms with E-state index < -0.39 is 16.0 Å². The second-order valence-electron chi connectivity index (χ2n) is 7.90. The Morgan fingerprint density at radius 3 is 2.26 bits per heavy atom. The number of carbonyl (C=O) groups is 1. The van der Waals surface area contributed by atoms with E-state index in [4.69, 9.17) is 4.74 Å². The van der Waals surface area contributed by atoms with Crippen LogP contribution in [0.4, 0.5) is 11.5 Å². The number of esters is 1. The third-order valence-corrected chi connectivity index (χ3v) is 7.43. The highest BCUT2D eigenvalue weighted by molar-refractivity contribution is 7.89. The number of nitrogens with one attached hydrogen (secondary N) is 1. The van der Waals surface area contributed by atoms with Gasteiger partial charge in [0, 0.05) is 36.1 Å². The number of benzene rings is 3. The van der Waals surface area contributed by atoms with Gasteiger partial charge in [-0.15, -0.1) is 10.2 Å². The van der Waals surface area contributed by atoms with E-state index in [0.717, 1.165) is 16.5 Å². The first kappa shape index (κ1) is 23.3. The monoisotopic (exact) mass is 476 g/mol. The zero-order valence-corrected chi connectivity index (χ0v) is 20.1. The van der Waals surface area contributed by atoms with E-state index in [2.05, 4.69) is 15.5 Å². The number of sulfonamides is 1. The van der Waals surface area contributed by atoms with Gasteiger partial charge in [0.15, 0.2) is 5.82 Å². The van der Waals surface area contributed by atoms with Crippen molar-refractivity contribution in [3.05, 3.63) is 77.9 Å². The van der Waals surface area contributed by atoms with Gasteiger partial charge in [-0.3, -0.25) is 0 Å². The molecular formula is C25H24N4O4S. The number of ether oxygens (including phenoxy) is 1. The first-order chi connectivity index (χ1) is 16.2. The quantitative estimate of drug-likeness (QED) is 0.412. The second-order valence-corrected chi connectivity index (χ2v) is 10.0. The lowest BCUT2D eigenvalue weighted by molar-refractivity contribution is 0.0600. The van der Waals surface area contributed by atoms with Gasteiger partial charge in [0.1, 0.15) is 5.69 Å². The Balaban J connectivity index is 1.77. The number of anilines is 2. The van der Waals surface area contributed by atoms with Crippen LogP contribution >= 0.6 is 0 Å². The summed E-state index contributed by atoms with van der Waals surface area (Å²) in [5.74, 6) is 0.133. The van der Waals surface area contributed by atoms with Gasteiger partial charge < -0.3 is 10.1 Å². The summed E-state index contributed by atoms with van der Waals surface area (Å²) in [6.07, 6.45) is 0. The topological polar surface area (TPSA) is 101 Å². The average Bonchev–Trinajstić information content (AvgIpc) is 2.84. The number of hydrogen-bond acceptors (Lipinski definition) is 7. The summed E-state index contributed by atoms with van der Waals surface area (Å²) in [7, 11) is 0.744. The molecule has 4 rings (SSSR count). The molecule has 4 aromatic rings. The van der Waals surface area contributed by atoms with Crippen molar-refractivity contribution in [2.75, 3.05) is 26.5 Å². The zero-order chi connectivity index (χ0) is 24.5. The maximum Gasteiger partial charge on any atom is 0.337 e. The Labute approximate surface area is 198 Å². The van der Waals surface area contributed by atoms with Gasteiger partial charge in [0.05, 0.1) is 17.6 Å². The van der Waals surface area contributed by atoms with Gasteiger partial charge in [-0.1, -0.05) is 36.4 Å². The van der Waals surface area contributed by atoms with Crippen molar-refractivity contribution < 1.29 is 17.9 Å². The normalized spacial score (nSPS) is 11.6. The predicted octanol–water partition coefficient (Wildman–Crippen LogP) is 4.39. The molecule has 0 spiro atoms. The third kappa shape index (κ3) is 4.35. The van der Waals surface area contributed by atoms with Crippen LogP contribution in [0.25, 0.3) is 22.0 Å². The molecule has 0 saturated heterocycles. The molecule has 1 N–H and O–H groups in total. The summed E-state index contributed by atoms with van der Waals surface area (Å²) in [4.78, 5) is 11.9. The predicted molar refractivity (Wildman–Crippen MR) is 132 cm³/mol. The Kier molecular flexibility index (Phi) is 6.32. The Morgan fingerprint density at radius 2 is 1.62 bits per heavy atom. The Morgan fingerprint density at radius 1 is 0.941 bits per heavy atom. The fourth-order valence-electron chi connectivity index (χ4n) is 3.58. The molecule has 3 aromatic carbocycles. The lowest BCUT2D eigenvalue weighted by Gasteiger charge is -2.15. The van der Waals surface area contributed by atoms with Crippen molar-refractivity contribution >= 4 is 38.3 Å². The molecule has 0 bridgehead atoms. The molecule has 0 fully saturated rings. The number of carbonyl (C=O) groups excluding carboxylic acids is 1. The standard InChI is InChI=1S/C25H24N4O4S/c1-16-9-10-18(15-22(16)34(31,32)29(2)3)23-20-7-5-6-8-21(20)24(28-27-23)26-19-13-11-17(12-14-19)25(30)33-4/h5-15H,1-4H3,(H,26,28). The maximum absolute atomic E-state index is 12.8. The van der Waals surface area contributed by atoms with Gasteiger partial charge in [0.2, 0.25) is 10.0 Å². The molecule has 34 heavy (non-hydrogen) atoms. The van der Waals surface area contributed by atoms with Crippen LogP contribution in [0.3, 0.4) is 0 Å². The lowest BCUT2D eigenvalue weighted by Crippen LogP contribution is -2.23. The number of aromatic nitrogens is 2. The fraction of sp³-hybridized carbons (Fsp3) is 0.160. The fourth-order valence-corrected chi connectivity index (χ4v) is 4.72. The minimum atomic E-state index is -3.61. The van der Waals surface area contributed by atoms with Gasteiger partial charge in [-0.25, -0.2) is 17.5 Å². The molecular weight excluding hydrogens is 452 g/mol. The van der Waals surface area contributed by atoms with Crippen molar-refractivity contribution in [1.82, 2.24) is 14.5 Å². The molecule has 0 amide bonds. The van der Waals surface area contributed by atoms with Crippen LogP contribution in [0.15, 0.2) is 71.6 Å². The van der Waals surface area contributed by atoms with Crippen molar-refractivity contribution in [1.29, 1.82) is 0 Å². The highest BCUT2D eigenvalue weighted by atomic mass is 32.2. The van der Waals surface area contributed by atoms with E-state index in [0.29, 0.717) is 28.2 Å². The van der Waals surface area contributed by atoms with E-state index in [1.807, 2.05) is 30.3 Å². The highest BCUT2D eigenvalue weighted by Gasteiger charge is 2.21. The highest BCUT2D eigenvalue weighted by Crippen LogP contribution is 2.33. The molecule has 9 heteroatoms. The molecule has 0 aliphatic heterocycles. The average molecular weight is 477 g/mol. The summed E-state index contributed by atoms with van der Waals surface area (Å²) in [6, 6.07) is 19.7. The molecule has 0 unspecified atom stereocenters. The molecule has 0 aliphatic rings. The number of hydrogen-bond donors (Lipinski definition) is 1. The van der Waals surface area contributed by atoms with Crippen LogP contribution in [0.2, 0.25) is 0 Å². The summed E-state index contributed by atoms with van der Waals surface area (Å²) < 4.78 is 31.5. The number of nitrogens with zero attached hydrogens (tertiary/aromatic N) is 3. The molecule has 174 valence electrons. The number of methoxy groups -OCH3 is 1. The number of rotatable bonds is 6. The third-order valence-electron chi connectivity index (χ3n) is 5.48. The van der Waals surface area contributed by atoms with Crippen LogP contribution in [0.1, 0.15) is 15.9 Å². The van der Waals surface area contributed by atoms with Crippen LogP contribution in [-0.4, -0.2) is 50.1 Å². The van der Waals surface area contributed by atoms with Gasteiger partial charge in [-0.05, 0) is 42.8 Å². The first-order valence-electron chi connectivity index (χ1n) is 10.5. The van der Waals surface area contributed by atoms with Crippen molar-refractivity contribution in [3.8, 4) is 11.3 Å². The summed E-state index contributed by atoms with van der Waals surface area (Å²) in [5, 5.41) is 13.7. The molecule has 0 aliphatic carbocycles. The first-order valence-corrected chi connectivity index (χ1v) is 11.9. The molecule has 1 aromatic heterocycles. The molecule has 0 radical (unpaired) electrons. The summed E-state index contributed by atoms with van der Waals surface area (Å²) >= 11 is 0. The minimum absolute atomic E-state index is 0.230. The summed E-state index contributed by atoms with van der Waals surface area (Å²) in [5.41, 5.74) is 3.07. The summed E-state index contributed by atoms with van der Waals surface area (Å²) in [6.45, 7) is 1.77. The van der Waals surface area contributed by atoms with E-state index in [1.54, 1.807) is 43.3 Å². The Bertz CT molecular complexity index is 1480. The number of aryl methyl sites for hydroxylation is 1. The van der Waals surface area contributed by atoms with Crippen LogP contribution in [0, 0.1) is 6.92 Å². The van der Waals surface area contributed by atoms with Crippen molar-refractivity contribution in [2.24, 2.45) is 0 Å². The smallest absolute Gasteiger partial charge is 0.337 e. The van der Waals surface area contributed by atoms with Gasteiger partial charge in [-0.2, -0.15) is 0 Å². The van der Waals surface area contributed by atoms with Crippen LogP contribution in [0.5, 0.6) is 0 Å².